The van der Waals surface area contributed by atoms with Crippen molar-refractivity contribution in [1.29, 1.82) is 0 Å². The zero-order valence-electron chi connectivity index (χ0n) is 19.1. The minimum atomic E-state index is 0.257. The molecule has 2 aliphatic carbocycles. The van der Waals surface area contributed by atoms with Gasteiger partial charge in [0.2, 0.25) is 0 Å². The topological polar surface area (TPSA) is 124 Å². The largest absolute Gasteiger partial charge is 0.508 e. The standard InChI is InChI=1S/C26H30N4O4/c31-15-17-1-3-25(33)23(11-17)21-13-19(21)5-7-27-29-9-10-30-28-8-6-20-14-22(20)24-12-18(16-32)2-4-26(24)34/h1-4,11-12,15-16,19-22,33-34H,5-10,13-14H2. The first-order valence-corrected chi connectivity index (χ1v) is 11.8. The molecule has 8 heteroatoms. The molecule has 178 valence electrons. The van der Waals surface area contributed by atoms with E-state index in [1.54, 1.807) is 36.4 Å². The second-order valence-electron chi connectivity index (χ2n) is 9.11. The molecule has 2 aromatic carbocycles. The van der Waals surface area contributed by atoms with Crippen LogP contribution in [0.1, 0.15) is 69.4 Å². The van der Waals surface area contributed by atoms with Gasteiger partial charge in [-0.2, -0.15) is 20.5 Å². The molecule has 0 spiro atoms. The molecule has 0 radical (unpaired) electrons. The number of azo groups is 2. The van der Waals surface area contributed by atoms with Crippen LogP contribution in [-0.2, 0) is 0 Å². The van der Waals surface area contributed by atoms with Gasteiger partial charge in [-0.3, -0.25) is 9.59 Å². The number of aldehydes is 2. The van der Waals surface area contributed by atoms with E-state index in [1.807, 2.05) is 0 Å². The lowest BCUT2D eigenvalue weighted by molar-refractivity contribution is 0.111. The van der Waals surface area contributed by atoms with Gasteiger partial charge in [0.15, 0.2) is 0 Å². The molecule has 34 heavy (non-hydrogen) atoms. The van der Waals surface area contributed by atoms with E-state index in [4.69, 9.17) is 0 Å². The summed E-state index contributed by atoms with van der Waals surface area (Å²) in [6, 6.07) is 9.97. The van der Waals surface area contributed by atoms with Gasteiger partial charge in [0.1, 0.15) is 24.1 Å². The van der Waals surface area contributed by atoms with Gasteiger partial charge in [-0.1, -0.05) is 0 Å². The Balaban J connectivity index is 1.06. The van der Waals surface area contributed by atoms with Gasteiger partial charge in [-0.05, 0) is 96.9 Å². The fourth-order valence-corrected chi connectivity index (χ4v) is 4.60. The van der Waals surface area contributed by atoms with Crippen LogP contribution < -0.4 is 0 Å². The Hall–Kier alpha value is -3.42. The van der Waals surface area contributed by atoms with E-state index >= 15 is 0 Å². The zero-order valence-corrected chi connectivity index (χ0v) is 19.1. The summed E-state index contributed by atoms with van der Waals surface area (Å²) >= 11 is 0. The monoisotopic (exact) mass is 462 g/mol. The number of nitrogens with zero attached hydrogens (tertiary/aromatic N) is 4. The Bertz CT molecular complexity index is 999. The minimum Gasteiger partial charge on any atom is -0.508 e. The summed E-state index contributed by atoms with van der Waals surface area (Å²) in [5.41, 5.74) is 2.90. The third-order valence-corrected chi connectivity index (χ3v) is 6.72. The molecule has 8 nitrogen and oxygen atoms in total. The first kappa shape index (κ1) is 23.7. The second-order valence-corrected chi connectivity index (χ2v) is 9.11. The lowest BCUT2D eigenvalue weighted by Gasteiger charge is -2.04. The summed E-state index contributed by atoms with van der Waals surface area (Å²) in [5, 5.41) is 36.8. The average Bonchev–Trinajstić information content (AvgIpc) is 3.77. The number of carbonyl (C=O) groups excluding carboxylic acids is 2. The Kier molecular flexibility index (Phi) is 7.77. The average molecular weight is 463 g/mol. The third-order valence-electron chi connectivity index (χ3n) is 6.72. The number of phenolic OH excluding ortho intramolecular Hbond substituents is 2. The molecule has 4 atom stereocenters. The zero-order chi connectivity index (χ0) is 23.9. The number of hydrogen-bond acceptors (Lipinski definition) is 8. The van der Waals surface area contributed by atoms with E-state index in [9.17, 15) is 19.8 Å². The number of carbonyl (C=O) groups is 2. The van der Waals surface area contributed by atoms with Gasteiger partial charge in [-0.25, -0.2) is 0 Å². The van der Waals surface area contributed by atoms with Crippen LogP contribution >= 0.6 is 0 Å². The van der Waals surface area contributed by atoms with E-state index in [2.05, 4.69) is 20.5 Å². The normalized spacial score (nSPS) is 23.4. The maximum absolute atomic E-state index is 10.9. The fourth-order valence-electron chi connectivity index (χ4n) is 4.60. The van der Waals surface area contributed by atoms with E-state index in [-0.39, 0.29) is 11.5 Å². The van der Waals surface area contributed by atoms with Crippen molar-refractivity contribution in [3.63, 3.8) is 0 Å². The minimum absolute atomic E-state index is 0.257. The van der Waals surface area contributed by atoms with Crippen LogP contribution in [0.3, 0.4) is 0 Å². The molecular formula is C26H30N4O4. The van der Waals surface area contributed by atoms with Crippen molar-refractivity contribution in [3.8, 4) is 11.5 Å². The molecule has 0 bridgehead atoms. The Labute approximate surface area is 198 Å². The molecule has 0 heterocycles. The number of hydrogen-bond donors (Lipinski definition) is 2. The van der Waals surface area contributed by atoms with Crippen molar-refractivity contribution in [3.05, 3.63) is 58.7 Å². The molecule has 0 saturated heterocycles. The first-order chi connectivity index (χ1) is 16.6. The van der Waals surface area contributed by atoms with Gasteiger partial charge in [0, 0.05) is 11.1 Å². The van der Waals surface area contributed by atoms with E-state index in [0.717, 1.165) is 49.4 Å². The Morgan fingerprint density at radius 3 is 1.50 bits per heavy atom. The lowest BCUT2D eigenvalue weighted by atomic mass is 10.0. The Morgan fingerprint density at radius 2 is 1.09 bits per heavy atom. The molecule has 2 aromatic rings. The van der Waals surface area contributed by atoms with Gasteiger partial charge in [-0.15, -0.1) is 0 Å². The number of phenols is 2. The summed E-state index contributed by atoms with van der Waals surface area (Å²) < 4.78 is 0. The SMILES string of the molecule is O=Cc1ccc(O)c(C2CC2CCN=NCCN=NCCC2CC2c2cc(C=O)ccc2O)c1. The summed E-state index contributed by atoms with van der Waals surface area (Å²) in [6.45, 7) is 2.32. The molecule has 0 aliphatic heterocycles. The number of aromatic hydroxyl groups is 2. The number of rotatable bonds is 13. The third kappa shape index (κ3) is 6.12. The van der Waals surface area contributed by atoms with E-state index < -0.39 is 0 Å². The fraction of sp³-hybridized carbons (Fsp3) is 0.462. The highest BCUT2D eigenvalue weighted by molar-refractivity contribution is 5.76. The highest BCUT2D eigenvalue weighted by atomic mass is 16.3. The van der Waals surface area contributed by atoms with Crippen molar-refractivity contribution in [1.82, 2.24) is 0 Å². The summed E-state index contributed by atoms with van der Waals surface area (Å²) in [4.78, 5) is 21.9. The van der Waals surface area contributed by atoms with Gasteiger partial charge >= 0.3 is 0 Å². The summed E-state index contributed by atoms with van der Waals surface area (Å²) in [6.07, 6.45) is 5.43. The smallest absolute Gasteiger partial charge is 0.150 e. The number of benzene rings is 2. The van der Waals surface area contributed by atoms with Gasteiger partial charge in [0.05, 0.1) is 26.2 Å². The maximum atomic E-state index is 10.9. The molecule has 2 saturated carbocycles. The van der Waals surface area contributed by atoms with Crippen LogP contribution in [0.2, 0.25) is 0 Å². The predicted octanol–water partition coefficient (Wildman–Crippen LogP) is 5.31. The summed E-state index contributed by atoms with van der Waals surface area (Å²) in [7, 11) is 0. The molecule has 2 aliphatic rings. The molecular weight excluding hydrogens is 432 g/mol. The molecule has 0 aromatic heterocycles. The van der Waals surface area contributed by atoms with Crippen molar-refractivity contribution in [2.45, 2.75) is 37.5 Å². The molecule has 2 fully saturated rings. The van der Waals surface area contributed by atoms with Crippen molar-refractivity contribution in [2.75, 3.05) is 26.2 Å². The Morgan fingerprint density at radius 1 is 0.676 bits per heavy atom. The van der Waals surface area contributed by atoms with Crippen LogP contribution in [0.5, 0.6) is 11.5 Å². The molecule has 2 N–H and O–H groups in total. The van der Waals surface area contributed by atoms with Crippen molar-refractivity contribution >= 4 is 12.6 Å². The van der Waals surface area contributed by atoms with E-state index in [1.165, 1.54) is 0 Å². The van der Waals surface area contributed by atoms with Crippen molar-refractivity contribution in [2.24, 2.45) is 32.3 Å². The lowest BCUT2D eigenvalue weighted by Crippen LogP contribution is -1.91. The quantitative estimate of drug-likeness (QED) is 0.238. The van der Waals surface area contributed by atoms with Crippen LogP contribution in [0.4, 0.5) is 0 Å². The molecule has 0 amide bonds. The summed E-state index contributed by atoms with van der Waals surface area (Å²) in [5.74, 6) is 2.06. The second kappa shape index (κ2) is 11.1. The van der Waals surface area contributed by atoms with Crippen LogP contribution in [0, 0.1) is 11.8 Å². The van der Waals surface area contributed by atoms with E-state index in [0.29, 0.717) is 61.0 Å². The predicted molar refractivity (Wildman–Crippen MR) is 127 cm³/mol. The molecule has 4 rings (SSSR count). The van der Waals surface area contributed by atoms with Crippen molar-refractivity contribution < 1.29 is 19.8 Å². The van der Waals surface area contributed by atoms with Crippen LogP contribution in [0.15, 0.2) is 56.9 Å². The van der Waals surface area contributed by atoms with Gasteiger partial charge in [0.25, 0.3) is 0 Å². The van der Waals surface area contributed by atoms with Crippen LogP contribution in [-0.4, -0.2) is 49.0 Å². The van der Waals surface area contributed by atoms with Gasteiger partial charge < -0.3 is 10.2 Å². The maximum Gasteiger partial charge on any atom is 0.150 e. The highest BCUT2D eigenvalue weighted by Crippen LogP contribution is 2.53. The molecule has 4 unspecified atom stereocenters. The van der Waals surface area contributed by atoms with Crippen LogP contribution in [0.25, 0.3) is 0 Å². The highest BCUT2D eigenvalue weighted by Gasteiger charge is 2.40. The first-order valence-electron chi connectivity index (χ1n) is 11.8.